The summed E-state index contributed by atoms with van der Waals surface area (Å²) in [5.41, 5.74) is 2.34. The second-order valence-corrected chi connectivity index (χ2v) is 9.28. The van der Waals surface area contributed by atoms with E-state index < -0.39 is 0 Å². The van der Waals surface area contributed by atoms with Crippen molar-refractivity contribution in [3.63, 3.8) is 0 Å². The molecule has 2 aliphatic rings. The van der Waals surface area contributed by atoms with Crippen LogP contribution in [0.3, 0.4) is 0 Å². The molecule has 0 saturated carbocycles. The van der Waals surface area contributed by atoms with Crippen molar-refractivity contribution in [3.8, 4) is 0 Å². The molecule has 1 unspecified atom stereocenters. The largest absolute Gasteiger partial charge is 0.378 e. The number of benzene rings is 1. The third-order valence-corrected chi connectivity index (χ3v) is 6.69. The summed E-state index contributed by atoms with van der Waals surface area (Å²) >= 11 is 1.73. The number of aryl methyl sites for hydroxylation is 1. The molecule has 2 aromatic heterocycles. The lowest BCUT2D eigenvalue weighted by molar-refractivity contribution is -0.0345. The Kier molecular flexibility index (Phi) is 5.95. The van der Waals surface area contributed by atoms with E-state index in [4.69, 9.17) is 14.5 Å². The van der Waals surface area contributed by atoms with Gasteiger partial charge in [0.05, 0.1) is 41.6 Å². The zero-order chi connectivity index (χ0) is 21.2. The number of hydrogen-bond donors (Lipinski definition) is 0. The minimum absolute atomic E-state index is 0.0379. The number of nitrogens with zero attached hydrogens (tertiary/aromatic N) is 4. The van der Waals surface area contributed by atoms with Crippen LogP contribution in [0, 0.1) is 6.92 Å². The highest BCUT2D eigenvalue weighted by atomic mass is 32.1. The quantitative estimate of drug-likeness (QED) is 0.624. The Hall–Kier alpha value is -2.39. The van der Waals surface area contributed by atoms with Crippen LogP contribution in [-0.2, 0) is 16.0 Å². The van der Waals surface area contributed by atoms with Gasteiger partial charge in [-0.3, -0.25) is 9.69 Å². The van der Waals surface area contributed by atoms with Crippen molar-refractivity contribution in [2.45, 2.75) is 19.6 Å². The van der Waals surface area contributed by atoms with Gasteiger partial charge in [-0.05, 0) is 19.1 Å². The minimum atomic E-state index is -0.163. The average molecular weight is 439 g/mol. The number of amides is 1. The number of carbonyl (C=O) groups excluding carboxylic acids is 1. The highest BCUT2D eigenvalue weighted by Crippen LogP contribution is 2.28. The highest BCUT2D eigenvalue weighted by molar-refractivity contribution is 7.11. The minimum Gasteiger partial charge on any atom is -0.378 e. The Morgan fingerprint density at radius 2 is 2.03 bits per heavy atom. The van der Waals surface area contributed by atoms with Gasteiger partial charge in [0.2, 0.25) is 0 Å². The maximum atomic E-state index is 13.3. The van der Waals surface area contributed by atoms with Crippen molar-refractivity contribution in [2.24, 2.45) is 0 Å². The molecule has 2 fully saturated rings. The summed E-state index contributed by atoms with van der Waals surface area (Å²) in [6, 6.07) is 9.79. The first-order chi connectivity index (χ1) is 15.2. The number of thiazole rings is 1. The lowest BCUT2D eigenvalue weighted by atomic mass is 10.0. The molecule has 4 heterocycles. The van der Waals surface area contributed by atoms with Gasteiger partial charge >= 0.3 is 0 Å². The van der Waals surface area contributed by atoms with Crippen molar-refractivity contribution in [1.82, 2.24) is 19.8 Å². The highest BCUT2D eigenvalue weighted by Gasteiger charge is 2.27. The first-order valence-electron chi connectivity index (χ1n) is 10.7. The molecule has 0 N–H and O–H groups in total. The van der Waals surface area contributed by atoms with Crippen LogP contribution in [0.4, 0.5) is 0 Å². The molecule has 1 amide bonds. The summed E-state index contributed by atoms with van der Waals surface area (Å²) in [4.78, 5) is 28.1. The van der Waals surface area contributed by atoms with Crippen LogP contribution in [0.5, 0.6) is 0 Å². The van der Waals surface area contributed by atoms with E-state index in [9.17, 15) is 4.79 Å². The molecule has 0 spiro atoms. The fourth-order valence-corrected chi connectivity index (χ4v) is 5.04. The van der Waals surface area contributed by atoms with Gasteiger partial charge in [-0.25, -0.2) is 9.97 Å². The predicted octanol–water partition coefficient (Wildman–Crippen LogP) is 3.05. The number of rotatable bonds is 4. The monoisotopic (exact) mass is 438 g/mol. The molecular formula is C23H26N4O3S. The number of ether oxygens (including phenoxy) is 2. The molecule has 8 heteroatoms. The summed E-state index contributed by atoms with van der Waals surface area (Å²) in [6.07, 6.45) is 1.79. The molecule has 0 aliphatic carbocycles. The van der Waals surface area contributed by atoms with E-state index in [0.717, 1.165) is 41.2 Å². The SMILES string of the molecule is Cc1ncc(CN2CCOC(c3cc(C(=O)N4CCOCC4)c4ccccc4n3)C2)s1. The number of aromatic nitrogens is 2. The third kappa shape index (κ3) is 4.48. The van der Waals surface area contributed by atoms with Crippen LogP contribution in [0.2, 0.25) is 0 Å². The molecule has 0 bridgehead atoms. The fraction of sp³-hybridized carbons (Fsp3) is 0.435. The maximum Gasteiger partial charge on any atom is 0.254 e. The summed E-state index contributed by atoms with van der Waals surface area (Å²) < 4.78 is 11.5. The van der Waals surface area contributed by atoms with Crippen molar-refractivity contribution in [3.05, 3.63) is 57.7 Å². The van der Waals surface area contributed by atoms with E-state index >= 15 is 0 Å². The Morgan fingerprint density at radius 3 is 2.84 bits per heavy atom. The standard InChI is InChI=1S/C23H26N4O3S/c1-16-24-13-17(31-16)14-26-6-11-30-22(15-26)21-12-19(18-4-2-3-5-20(18)25-21)23(28)27-7-9-29-10-8-27/h2-5,12-13,22H,6-11,14-15H2,1H3. The van der Waals surface area contributed by atoms with Gasteiger partial charge in [0.25, 0.3) is 5.91 Å². The van der Waals surface area contributed by atoms with Crippen molar-refractivity contribution >= 4 is 28.1 Å². The fourth-order valence-electron chi connectivity index (χ4n) is 4.20. The van der Waals surface area contributed by atoms with Gasteiger partial charge in [-0.15, -0.1) is 11.3 Å². The molecule has 2 saturated heterocycles. The van der Waals surface area contributed by atoms with Crippen molar-refractivity contribution in [1.29, 1.82) is 0 Å². The van der Waals surface area contributed by atoms with Crippen molar-refractivity contribution < 1.29 is 14.3 Å². The normalized spacial score (nSPS) is 20.3. The Balaban J connectivity index is 1.43. The van der Waals surface area contributed by atoms with Crippen LogP contribution in [0.1, 0.15) is 32.0 Å². The second-order valence-electron chi connectivity index (χ2n) is 7.96. The molecular weight excluding hydrogens is 412 g/mol. The molecule has 31 heavy (non-hydrogen) atoms. The summed E-state index contributed by atoms with van der Waals surface area (Å²) in [5.74, 6) is 0.0379. The van der Waals surface area contributed by atoms with Gasteiger partial charge in [0.15, 0.2) is 0 Å². The number of para-hydroxylation sites is 1. The number of fused-ring (bicyclic) bond motifs is 1. The second kappa shape index (κ2) is 9.00. The lowest BCUT2D eigenvalue weighted by Gasteiger charge is -2.33. The lowest BCUT2D eigenvalue weighted by Crippen LogP contribution is -2.41. The van der Waals surface area contributed by atoms with Crippen LogP contribution in [-0.4, -0.2) is 71.7 Å². The smallest absolute Gasteiger partial charge is 0.254 e. The molecule has 3 aromatic rings. The van der Waals surface area contributed by atoms with Crippen molar-refractivity contribution in [2.75, 3.05) is 46.0 Å². The van der Waals surface area contributed by atoms with Crippen LogP contribution >= 0.6 is 11.3 Å². The molecule has 2 aliphatic heterocycles. The van der Waals surface area contributed by atoms with Gasteiger partial charge in [0.1, 0.15) is 6.10 Å². The van der Waals surface area contributed by atoms with Gasteiger partial charge in [0, 0.05) is 49.2 Å². The van der Waals surface area contributed by atoms with E-state index in [1.54, 1.807) is 11.3 Å². The summed E-state index contributed by atoms with van der Waals surface area (Å²) in [5, 5.41) is 1.97. The Morgan fingerprint density at radius 1 is 1.19 bits per heavy atom. The van der Waals surface area contributed by atoms with Crippen LogP contribution < -0.4 is 0 Å². The van der Waals surface area contributed by atoms with Gasteiger partial charge in [-0.2, -0.15) is 0 Å². The average Bonchev–Trinajstić information content (AvgIpc) is 3.23. The summed E-state index contributed by atoms with van der Waals surface area (Å²) in [6.45, 7) is 7.55. The zero-order valence-corrected chi connectivity index (χ0v) is 18.4. The van der Waals surface area contributed by atoms with Crippen LogP contribution in [0.15, 0.2) is 36.5 Å². The molecule has 1 atom stereocenters. The third-order valence-electron chi connectivity index (χ3n) is 5.79. The first-order valence-corrected chi connectivity index (χ1v) is 11.5. The van der Waals surface area contributed by atoms with E-state index in [1.807, 2.05) is 48.4 Å². The molecule has 5 rings (SSSR count). The summed E-state index contributed by atoms with van der Waals surface area (Å²) in [7, 11) is 0. The number of morpholine rings is 2. The van der Waals surface area contributed by atoms with Gasteiger partial charge < -0.3 is 14.4 Å². The number of carbonyl (C=O) groups is 1. The molecule has 0 radical (unpaired) electrons. The molecule has 1 aromatic carbocycles. The Bertz CT molecular complexity index is 1080. The predicted molar refractivity (Wildman–Crippen MR) is 119 cm³/mol. The van der Waals surface area contributed by atoms with Gasteiger partial charge in [-0.1, -0.05) is 18.2 Å². The maximum absolute atomic E-state index is 13.3. The first kappa shape index (κ1) is 20.5. The zero-order valence-electron chi connectivity index (χ0n) is 17.6. The number of pyridine rings is 1. The molecule has 7 nitrogen and oxygen atoms in total. The molecule has 162 valence electrons. The van der Waals surface area contributed by atoms with E-state index in [0.29, 0.717) is 38.5 Å². The van der Waals surface area contributed by atoms with E-state index in [2.05, 4.69) is 9.88 Å². The topological polar surface area (TPSA) is 67.8 Å². The van der Waals surface area contributed by atoms with E-state index in [1.165, 1.54) is 4.88 Å². The van der Waals surface area contributed by atoms with Crippen LogP contribution in [0.25, 0.3) is 10.9 Å². The Labute approximate surface area is 185 Å². The number of hydrogen-bond acceptors (Lipinski definition) is 7. The van der Waals surface area contributed by atoms with E-state index in [-0.39, 0.29) is 12.0 Å².